The summed E-state index contributed by atoms with van der Waals surface area (Å²) < 4.78 is 12.0. The zero-order valence-electron chi connectivity index (χ0n) is 16.5. The Labute approximate surface area is 176 Å². The van der Waals surface area contributed by atoms with Gasteiger partial charge in [0, 0.05) is 17.8 Å². The fourth-order valence-corrected chi connectivity index (χ4v) is 3.13. The summed E-state index contributed by atoms with van der Waals surface area (Å²) in [5.41, 5.74) is 3.35. The Bertz CT molecular complexity index is 1050. The van der Waals surface area contributed by atoms with Crippen LogP contribution in [-0.4, -0.2) is 10.1 Å². The van der Waals surface area contributed by atoms with Gasteiger partial charge in [-0.1, -0.05) is 66.7 Å². The van der Waals surface area contributed by atoms with Crippen LogP contribution in [0.1, 0.15) is 28.5 Å². The highest BCUT2D eigenvalue weighted by Crippen LogP contribution is 2.33. The van der Waals surface area contributed by atoms with E-state index in [1.807, 2.05) is 91.0 Å². The largest absolute Gasteiger partial charge is 0.489 e. The van der Waals surface area contributed by atoms with Crippen LogP contribution in [-0.2, 0) is 13.2 Å². The summed E-state index contributed by atoms with van der Waals surface area (Å²) in [5, 5.41) is 10.9. The fourth-order valence-electron chi connectivity index (χ4n) is 3.13. The lowest BCUT2D eigenvalue weighted by atomic mass is 10.0. The molecule has 30 heavy (non-hydrogen) atoms. The molecule has 0 aliphatic rings. The van der Waals surface area contributed by atoms with E-state index in [0.29, 0.717) is 36.0 Å². The zero-order valence-corrected chi connectivity index (χ0v) is 16.5. The molecule has 0 aliphatic carbocycles. The normalized spacial score (nSPS) is 11.6. The quantitative estimate of drug-likeness (QED) is 0.437. The lowest BCUT2D eigenvalue weighted by molar-refractivity contribution is 0.204. The Hall–Kier alpha value is -3.63. The summed E-state index contributed by atoms with van der Waals surface area (Å²) in [6.45, 7) is 0.853. The summed E-state index contributed by atoms with van der Waals surface area (Å²) in [4.78, 5) is 4.28. The van der Waals surface area contributed by atoms with Crippen LogP contribution in [0.15, 0.2) is 103 Å². The van der Waals surface area contributed by atoms with Crippen LogP contribution >= 0.6 is 0 Å². The number of aromatic nitrogens is 1. The molecular formula is C26H23NO3. The number of pyridine rings is 1. The van der Waals surface area contributed by atoms with Crippen LogP contribution in [0.5, 0.6) is 11.5 Å². The molecule has 0 fully saturated rings. The molecule has 1 aromatic heterocycles. The molecule has 4 aromatic rings. The van der Waals surface area contributed by atoms with Crippen LogP contribution in [0.3, 0.4) is 0 Å². The first-order chi connectivity index (χ1) is 14.8. The van der Waals surface area contributed by atoms with Crippen molar-refractivity contribution in [2.75, 3.05) is 0 Å². The van der Waals surface area contributed by atoms with Gasteiger partial charge in [0.25, 0.3) is 0 Å². The molecule has 3 aromatic carbocycles. The fraction of sp³-hybridized carbons (Fsp3) is 0.115. The number of benzene rings is 3. The van der Waals surface area contributed by atoms with E-state index in [2.05, 4.69) is 4.98 Å². The molecule has 0 saturated carbocycles. The number of rotatable bonds is 8. The molecule has 0 saturated heterocycles. The molecule has 0 spiro atoms. The van der Waals surface area contributed by atoms with Crippen molar-refractivity contribution < 1.29 is 14.6 Å². The molecule has 0 bridgehead atoms. The van der Waals surface area contributed by atoms with Crippen molar-refractivity contribution >= 4 is 0 Å². The van der Waals surface area contributed by atoms with Crippen molar-refractivity contribution in [1.82, 2.24) is 4.98 Å². The van der Waals surface area contributed by atoms with E-state index in [-0.39, 0.29) is 0 Å². The second-order valence-corrected chi connectivity index (χ2v) is 6.91. The summed E-state index contributed by atoms with van der Waals surface area (Å²) in [6, 6.07) is 30.9. The standard InChI is InChI=1S/C26H23NO3/c28-26(24-13-7-8-16-27-24)23-15-14-22(29-18-20-9-3-1-4-10-20)17-25(23)30-19-21-11-5-2-6-12-21/h1-17,26,28H,18-19H2. The first-order valence-corrected chi connectivity index (χ1v) is 9.86. The number of nitrogens with zero attached hydrogens (tertiary/aromatic N) is 1. The Morgan fingerprint density at radius 2 is 1.33 bits per heavy atom. The van der Waals surface area contributed by atoms with Crippen molar-refractivity contribution in [2.24, 2.45) is 0 Å². The van der Waals surface area contributed by atoms with Crippen molar-refractivity contribution in [3.05, 3.63) is 126 Å². The van der Waals surface area contributed by atoms with Crippen LogP contribution in [0, 0.1) is 0 Å². The second kappa shape index (κ2) is 9.72. The lowest BCUT2D eigenvalue weighted by Crippen LogP contribution is -2.06. The van der Waals surface area contributed by atoms with E-state index in [9.17, 15) is 5.11 Å². The first-order valence-electron chi connectivity index (χ1n) is 9.86. The van der Waals surface area contributed by atoms with Gasteiger partial charge in [0.1, 0.15) is 30.8 Å². The molecule has 1 heterocycles. The van der Waals surface area contributed by atoms with Gasteiger partial charge >= 0.3 is 0 Å². The molecular weight excluding hydrogens is 374 g/mol. The average molecular weight is 397 g/mol. The Morgan fingerprint density at radius 1 is 0.700 bits per heavy atom. The molecule has 1 unspecified atom stereocenters. The Kier molecular flexibility index (Phi) is 6.38. The molecule has 1 N–H and O–H groups in total. The minimum absolute atomic E-state index is 0.394. The van der Waals surface area contributed by atoms with Gasteiger partial charge in [0.15, 0.2) is 0 Å². The smallest absolute Gasteiger partial charge is 0.129 e. The Morgan fingerprint density at radius 3 is 1.97 bits per heavy atom. The topological polar surface area (TPSA) is 51.6 Å². The molecule has 4 heteroatoms. The minimum atomic E-state index is -0.889. The van der Waals surface area contributed by atoms with E-state index in [1.165, 1.54) is 0 Å². The minimum Gasteiger partial charge on any atom is -0.489 e. The van der Waals surface area contributed by atoms with Crippen molar-refractivity contribution in [3.8, 4) is 11.5 Å². The SMILES string of the molecule is OC(c1ccccn1)c1ccc(OCc2ccccc2)cc1OCc1ccccc1. The van der Waals surface area contributed by atoms with E-state index < -0.39 is 6.10 Å². The van der Waals surface area contributed by atoms with Crippen molar-refractivity contribution in [3.63, 3.8) is 0 Å². The molecule has 4 rings (SSSR count). The predicted molar refractivity (Wildman–Crippen MR) is 116 cm³/mol. The zero-order chi connectivity index (χ0) is 20.6. The van der Waals surface area contributed by atoms with Gasteiger partial charge in [0.2, 0.25) is 0 Å². The van der Waals surface area contributed by atoms with E-state index in [1.54, 1.807) is 12.3 Å². The number of aliphatic hydroxyl groups is 1. The highest BCUT2D eigenvalue weighted by Gasteiger charge is 2.18. The molecule has 0 radical (unpaired) electrons. The second-order valence-electron chi connectivity index (χ2n) is 6.91. The third kappa shape index (κ3) is 5.04. The number of hydrogen-bond donors (Lipinski definition) is 1. The summed E-state index contributed by atoms with van der Waals surface area (Å²) in [5.74, 6) is 1.25. The number of ether oxygens (including phenoxy) is 2. The third-order valence-corrected chi connectivity index (χ3v) is 4.73. The monoisotopic (exact) mass is 397 g/mol. The van der Waals surface area contributed by atoms with E-state index >= 15 is 0 Å². The third-order valence-electron chi connectivity index (χ3n) is 4.73. The van der Waals surface area contributed by atoms with Crippen LogP contribution in [0.4, 0.5) is 0 Å². The average Bonchev–Trinajstić information content (AvgIpc) is 2.83. The van der Waals surface area contributed by atoms with Crippen LogP contribution < -0.4 is 9.47 Å². The molecule has 1 atom stereocenters. The van der Waals surface area contributed by atoms with E-state index in [4.69, 9.17) is 9.47 Å². The van der Waals surface area contributed by atoms with Crippen molar-refractivity contribution in [2.45, 2.75) is 19.3 Å². The first kappa shape index (κ1) is 19.7. The lowest BCUT2D eigenvalue weighted by Gasteiger charge is -2.18. The summed E-state index contributed by atoms with van der Waals surface area (Å²) >= 11 is 0. The molecule has 0 amide bonds. The predicted octanol–water partition coefficient (Wildman–Crippen LogP) is 5.32. The maximum atomic E-state index is 10.9. The summed E-state index contributed by atoms with van der Waals surface area (Å²) in [7, 11) is 0. The number of aliphatic hydroxyl groups excluding tert-OH is 1. The van der Waals surface area contributed by atoms with Gasteiger partial charge in [-0.2, -0.15) is 0 Å². The Balaban J connectivity index is 1.57. The van der Waals surface area contributed by atoms with Gasteiger partial charge in [-0.25, -0.2) is 0 Å². The summed E-state index contributed by atoms with van der Waals surface area (Å²) in [6.07, 6.45) is 0.778. The number of hydrogen-bond acceptors (Lipinski definition) is 4. The van der Waals surface area contributed by atoms with Gasteiger partial charge in [-0.3, -0.25) is 4.98 Å². The van der Waals surface area contributed by atoms with Crippen molar-refractivity contribution in [1.29, 1.82) is 0 Å². The molecule has 0 aliphatic heterocycles. The maximum Gasteiger partial charge on any atom is 0.129 e. The van der Waals surface area contributed by atoms with Gasteiger partial charge in [0.05, 0.1) is 5.69 Å². The van der Waals surface area contributed by atoms with E-state index in [0.717, 1.165) is 11.1 Å². The van der Waals surface area contributed by atoms with Crippen LogP contribution in [0.25, 0.3) is 0 Å². The molecule has 150 valence electrons. The van der Waals surface area contributed by atoms with Gasteiger partial charge in [-0.05, 0) is 35.4 Å². The highest BCUT2D eigenvalue weighted by atomic mass is 16.5. The maximum absolute atomic E-state index is 10.9. The highest BCUT2D eigenvalue weighted by molar-refractivity contribution is 5.44. The van der Waals surface area contributed by atoms with Gasteiger partial charge < -0.3 is 14.6 Å². The van der Waals surface area contributed by atoms with Gasteiger partial charge in [-0.15, -0.1) is 0 Å². The van der Waals surface area contributed by atoms with Crippen LogP contribution in [0.2, 0.25) is 0 Å². The molecule has 4 nitrogen and oxygen atoms in total.